The second kappa shape index (κ2) is 9.94. The predicted octanol–water partition coefficient (Wildman–Crippen LogP) is 2.80. The minimum atomic E-state index is -1.23. The van der Waals surface area contributed by atoms with Gasteiger partial charge in [0.25, 0.3) is 5.69 Å². The number of nitro groups is 1. The van der Waals surface area contributed by atoms with Gasteiger partial charge in [0.2, 0.25) is 0 Å². The Morgan fingerprint density at radius 2 is 1.88 bits per heavy atom. The van der Waals surface area contributed by atoms with Crippen LogP contribution in [-0.4, -0.2) is 41.2 Å². The number of ether oxygens (including phenoxy) is 2. The first kappa shape index (κ1) is 24.4. The summed E-state index contributed by atoms with van der Waals surface area (Å²) in [6, 6.07) is 4.37. The van der Waals surface area contributed by atoms with Gasteiger partial charge < -0.3 is 25.2 Å². The first-order valence-electron chi connectivity index (χ1n) is 9.70. The molecule has 0 unspecified atom stereocenters. The Labute approximate surface area is 184 Å². The summed E-state index contributed by atoms with van der Waals surface area (Å²) in [5.41, 5.74) is 0.999. The number of amides is 1. The molecular formula is C21H25N3O8. The van der Waals surface area contributed by atoms with E-state index < -0.39 is 40.8 Å². The summed E-state index contributed by atoms with van der Waals surface area (Å²) >= 11 is 0. The molecule has 0 saturated carbocycles. The third-order valence-corrected chi connectivity index (χ3v) is 4.93. The van der Waals surface area contributed by atoms with E-state index in [1.165, 1.54) is 25.3 Å². The second-order valence-electron chi connectivity index (χ2n) is 7.52. The molecule has 1 aliphatic heterocycles. The number of carbonyl (C=O) groups excluding carboxylic acids is 2. The smallest absolute Gasteiger partial charge is 0.413 e. The number of aliphatic carboxylic acids is 1. The number of carboxylic acid groups (broad SMARTS) is 1. The number of nitrogens with one attached hydrogen (secondary N) is 2. The van der Waals surface area contributed by atoms with Gasteiger partial charge >= 0.3 is 18.0 Å². The van der Waals surface area contributed by atoms with E-state index in [9.17, 15) is 29.6 Å². The molecule has 1 aromatic rings. The minimum Gasteiger partial charge on any atom is -0.480 e. The normalized spacial score (nSPS) is 16.9. The lowest BCUT2D eigenvalue weighted by molar-refractivity contribution is -0.384. The zero-order valence-electron chi connectivity index (χ0n) is 18.3. The van der Waals surface area contributed by atoms with Crippen LogP contribution < -0.4 is 10.6 Å². The molecule has 1 aromatic carbocycles. The Kier molecular flexibility index (Phi) is 7.58. The van der Waals surface area contributed by atoms with Crippen molar-refractivity contribution < 1.29 is 33.9 Å². The molecule has 1 amide bonds. The number of allylic oxidation sites excluding steroid dienone is 3. The Hall–Kier alpha value is -3.89. The summed E-state index contributed by atoms with van der Waals surface area (Å²) in [7, 11) is 1.19. The Morgan fingerprint density at radius 1 is 1.22 bits per heavy atom. The van der Waals surface area contributed by atoms with Gasteiger partial charge in [-0.05, 0) is 25.3 Å². The van der Waals surface area contributed by atoms with Crippen molar-refractivity contribution in [1.29, 1.82) is 0 Å². The van der Waals surface area contributed by atoms with E-state index in [0.717, 1.165) is 0 Å². The molecule has 0 aliphatic carbocycles. The minimum absolute atomic E-state index is 0.0121. The Morgan fingerprint density at radius 3 is 2.41 bits per heavy atom. The van der Waals surface area contributed by atoms with Crippen LogP contribution in [0, 0.1) is 16.0 Å². The maximum absolute atomic E-state index is 12.6. The molecule has 0 aromatic heterocycles. The number of esters is 1. The van der Waals surface area contributed by atoms with Gasteiger partial charge in [0.05, 0.1) is 29.2 Å². The summed E-state index contributed by atoms with van der Waals surface area (Å²) in [5.74, 6) is -3.38. The van der Waals surface area contributed by atoms with Crippen molar-refractivity contribution in [2.75, 3.05) is 7.11 Å². The lowest BCUT2D eigenvalue weighted by Crippen LogP contribution is -2.45. The zero-order chi connectivity index (χ0) is 24.2. The SMILES string of the molecule is COC(=O)C1=C(C)NC(C)=C(OC(=O)N[C@H](C(=O)O)C(C)C)[C@@H]1c1cccc([N+](=O)[O-])c1. The van der Waals surface area contributed by atoms with Crippen LogP contribution in [0.3, 0.4) is 0 Å². The molecule has 2 atom stereocenters. The van der Waals surface area contributed by atoms with Crippen molar-refractivity contribution in [3.63, 3.8) is 0 Å². The topological polar surface area (TPSA) is 157 Å². The van der Waals surface area contributed by atoms with Crippen molar-refractivity contribution in [1.82, 2.24) is 10.6 Å². The van der Waals surface area contributed by atoms with Crippen LogP contribution in [0.25, 0.3) is 0 Å². The maximum Gasteiger partial charge on any atom is 0.413 e. The molecule has 172 valence electrons. The third-order valence-electron chi connectivity index (χ3n) is 4.93. The van der Waals surface area contributed by atoms with Gasteiger partial charge in [-0.1, -0.05) is 26.0 Å². The highest BCUT2D eigenvalue weighted by Gasteiger charge is 2.37. The van der Waals surface area contributed by atoms with E-state index in [-0.39, 0.29) is 17.0 Å². The van der Waals surface area contributed by atoms with Crippen LogP contribution in [0.4, 0.5) is 10.5 Å². The molecule has 32 heavy (non-hydrogen) atoms. The second-order valence-corrected chi connectivity index (χ2v) is 7.52. The fourth-order valence-electron chi connectivity index (χ4n) is 3.40. The lowest BCUT2D eigenvalue weighted by atomic mass is 9.85. The van der Waals surface area contributed by atoms with Gasteiger partial charge in [0.15, 0.2) is 0 Å². The van der Waals surface area contributed by atoms with E-state index in [0.29, 0.717) is 17.0 Å². The number of rotatable bonds is 7. The highest BCUT2D eigenvalue weighted by molar-refractivity contribution is 5.92. The highest BCUT2D eigenvalue weighted by atomic mass is 16.6. The molecule has 11 nitrogen and oxygen atoms in total. The maximum atomic E-state index is 12.6. The van der Waals surface area contributed by atoms with Gasteiger partial charge in [-0.3, -0.25) is 10.1 Å². The Balaban J connectivity index is 2.53. The fourth-order valence-corrected chi connectivity index (χ4v) is 3.40. The van der Waals surface area contributed by atoms with E-state index in [1.807, 2.05) is 0 Å². The number of methoxy groups -OCH3 is 1. The van der Waals surface area contributed by atoms with Gasteiger partial charge in [-0.25, -0.2) is 14.4 Å². The number of alkyl carbamates (subject to hydrolysis) is 1. The molecule has 0 bridgehead atoms. The molecule has 1 aliphatic rings. The summed E-state index contributed by atoms with van der Waals surface area (Å²) in [6.45, 7) is 6.47. The number of carboxylic acids is 1. The van der Waals surface area contributed by atoms with E-state index in [1.54, 1.807) is 33.8 Å². The van der Waals surface area contributed by atoms with Crippen molar-refractivity contribution in [3.05, 3.63) is 62.7 Å². The first-order valence-corrected chi connectivity index (χ1v) is 9.70. The first-order chi connectivity index (χ1) is 15.0. The summed E-state index contributed by atoms with van der Waals surface area (Å²) in [5, 5.41) is 25.8. The number of carbonyl (C=O) groups is 3. The number of hydrogen-bond donors (Lipinski definition) is 3. The van der Waals surface area contributed by atoms with E-state index >= 15 is 0 Å². The summed E-state index contributed by atoms with van der Waals surface area (Å²) < 4.78 is 10.3. The number of non-ortho nitro benzene ring substituents is 1. The average Bonchev–Trinajstić information content (AvgIpc) is 2.72. The quantitative estimate of drug-likeness (QED) is 0.325. The molecule has 0 spiro atoms. The molecule has 0 fully saturated rings. The van der Waals surface area contributed by atoms with Crippen molar-refractivity contribution in [3.8, 4) is 0 Å². The van der Waals surface area contributed by atoms with Crippen LogP contribution in [0.1, 0.15) is 39.2 Å². The van der Waals surface area contributed by atoms with Gasteiger partial charge in [-0.2, -0.15) is 0 Å². The van der Waals surface area contributed by atoms with Gasteiger partial charge in [0, 0.05) is 17.8 Å². The molecule has 3 N–H and O–H groups in total. The predicted molar refractivity (Wildman–Crippen MR) is 112 cm³/mol. The third kappa shape index (κ3) is 5.23. The number of nitro benzene ring substituents is 1. The molecule has 0 saturated heterocycles. The molecule has 0 radical (unpaired) electrons. The van der Waals surface area contributed by atoms with Crippen molar-refractivity contribution in [2.45, 2.75) is 39.7 Å². The number of nitrogens with zero attached hydrogens (tertiary/aromatic N) is 1. The molecular weight excluding hydrogens is 422 g/mol. The summed E-state index contributed by atoms with van der Waals surface area (Å²) in [6.07, 6.45) is -1.04. The molecule has 2 rings (SSSR count). The van der Waals surface area contributed by atoms with Crippen molar-refractivity contribution in [2.24, 2.45) is 5.92 Å². The van der Waals surface area contributed by atoms with Crippen LogP contribution >= 0.6 is 0 Å². The monoisotopic (exact) mass is 447 g/mol. The van der Waals surface area contributed by atoms with Gasteiger partial charge in [0.1, 0.15) is 11.8 Å². The van der Waals surface area contributed by atoms with Crippen LogP contribution in [0.5, 0.6) is 0 Å². The molecule has 1 heterocycles. The van der Waals surface area contributed by atoms with E-state index in [4.69, 9.17) is 9.47 Å². The Bertz CT molecular complexity index is 1010. The number of dihydropyridines is 1. The fraction of sp³-hybridized carbons (Fsp3) is 0.381. The van der Waals surface area contributed by atoms with Crippen LogP contribution in [0.2, 0.25) is 0 Å². The lowest BCUT2D eigenvalue weighted by Gasteiger charge is -2.30. The average molecular weight is 447 g/mol. The zero-order valence-corrected chi connectivity index (χ0v) is 18.3. The van der Waals surface area contributed by atoms with E-state index in [2.05, 4.69) is 10.6 Å². The molecule has 11 heteroatoms. The standard InChI is InChI=1S/C21H25N3O8/c1-10(2)17(19(25)26)23-21(28)32-18-12(4)22-11(3)15(20(27)31-5)16(18)13-7-6-8-14(9-13)24(29)30/h6-10,16-17,22H,1-5H3,(H,23,28)(H,25,26)/t16-,17+/m1/s1. The largest absolute Gasteiger partial charge is 0.480 e. The highest BCUT2D eigenvalue weighted by Crippen LogP contribution is 2.40. The van der Waals surface area contributed by atoms with Gasteiger partial charge in [-0.15, -0.1) is 0 Å². The van der Waals surface area contributed by atoms with Crippen molar-refractivity contribution >= 4 is 23.7 Å². The van der Waals surface area contributed by atoms with Crippen LogP contribution in [-0.2, 0) is 19.1 Å². The number of hydrogen-bond acceptors (Lipinski definition) is 8. The summed E-state index contributed by atoms with van der Waals surface area (Å²) in [4.78, 5) is 47.2. The number of benzene rings is 1. The van der Waals surface area contributed by atoms with Crippen LogP contribution in [0.15, 0.2) is 47.0 Å².